The number of aromatic hydroxyl groups is 1. The number of aromatic nitrogens is 3. The van der Waals surface area contributed by atoms with Crippen molar-refractivity contribution in [3.63, 3.8) is 0 Å². The van der Waals surface area contributed by atoms with Gasteiger partial charge in [0.1, 0.15) is 11.9 Å². The first-order chi connectivity index (χ1) is 11.7. The molecule has 6 heteroatoms. The maximum absolute atomic E-state index is 9.45. The maximum atomic E-state index is 9.45. The maximum Gasteiger partial charge on any atom is 0.232 e. The van der Waals surface area contributed by atoms with Crippen LogP contribution >= 0.6 is 0 Å². The van der Waals surface area contributed by atoms with E-state index in [4.69, 9.17) is 4.74 Å². The van der Waals surface area contributed by atoms with E-state index in [2.05, 4.69) is 21.9 Å². The molecule has 3 aromatic rings. The molecule has 0 bridgehead atoms. The molecule has 0 amide bonds. The lowest BCUT2D eigenvalue weighted by Gasteiger charge is -2.14. The highest BCUT2D eigenvalue weighted by atomic mass is 16.5. The van der Waals surface area contributed by atoms with E-state index >= 15 is 0 Å². The summed E-state index contributed by atoms with van der Waals surface area (Å²) in [4.78, 5) is 6.77. The molecule has 1 N–H and O–H groups in total. The van der Waals surface area contributed by atoms with Crippen LogP contribution in [0.5, 0.6) is 11.6 Å². The van der Waals surface area contributed by atoms with Gasteiger partial charge in [0.25, 0.3) is 0 Å². The average molecular weight is 324 g/mol. The fourth-order valence-corrected chi connectivity index (χ4v) is 3.10. The van der Waals surface area contributed by atoms with Crippen LogP contribution in [0.2, 0.25) is 0 Å². The molecule has 1 fully saturated rings. The van der Waals surface area contributed by atoms with Crippen molar-refractivity contribution >= 4 is 5.65 Å². The summed E-state index contributed by atoms with van der Waals surface area (Å²) in [6.07, 6.45) is 3.00. The van der Waals surface area contributed by atoms with Crippen molar-refractivity contribution < 1.29 is 9.84 Å². The summed E-state index contributed by atoms with van der Waals surface area (Å²) in [6.45, 7) is 5.25. The average Bonchev–Trinajstić information content (AvgIpc) is 3.22. The summed E-state index contributed by atoms with van der Waals surface area (Å²) in [5.74, 6) is 0.856. The largest absolute Gasteiger partial charge is 0.508 e. The number of likely N-dealkylation sites (tertiary alicyclic amines) is 1. The van der Waals surface area contributed by atoms with Crippen molar-refractivity contribution in [3.05, 3.63) is 42.6 Å². The lowest BCUT2D eigenvalue weighted by atomic mass is 10.2. The Hall–Kier alpha value is -2.60. The summed E-state index contributed by atoms with van der Waals surface area (Å²) in [5.41, 5.74) is 2.59. The normalized spacial score (nSPS) is 18.3. The van der Waals surface area contributed by atoms with E-state index in [1.54, 1.807) is 22.8 Å². The molecule has 2 aromatic heterocycles. The number of hydrogen-bond donors (Lipinski definition) is 1. The summed E-state index contributed by atoms with van der Waals surface area (Å²) < 4.78 is 7.84. The van der Waals surface area contributed by atoms with Crippen LogP contribution in [0.15, 0.2) is 42.6 Å². The monoisotopic (exact) mass is 324 g/mol. The van der Waals surface area contributed by atoms with E-state index in [0.717, 1.165) is 43.0 Å². The van der Waals surface area contributed by atoms with Crippen LogP contribution in [0.3, 0.4) is 0 Å². The van der Waals surface area contributed by atoms with Gasteiger partial charge in [-0.3, -0.25) is 4.90 Å². The molecule has 1 saturated heterocycles. The van der Waals surface area contributed by atoms with Gasteiger partial charge in [-0.25, -0.2) is 9.50 Å². The summed E-state index contributed by atoms with van der Waals surface area (Å²) >= 11 is 0. The molecule has 1 aliphatic heterocycles. The van der Waals surface area contributed by atoms with Gasteiger partial charge >= 0.3 is 0 Å². The quantitative estimate of drug-likeness (QED) is 0.799. The lowest BCUT2D eigenvalue weighted by Crippen LogP contribution is -2.24. The zero-order valence-corrected chi connectivity index (χ0v) is 13.6. The third-order valence-corrected chi connectivity index (χ3v) is 4.46. The van der Waals surface area contributed by atoms with Crippen LogP contribution in [-0.2, 0) is 0 Å². The van der Waals surface area contributed by atoms with E-state index in [0.29, 0.717) is 5.88 Å². The Bertz CT molecular complexity index is 844. The van der Waals surface area contributed by atoms with E-state index in [1.807, 2.05) is 24.3 Å². The number of ether oxygens (including phenoxy) is 1. The van der Waals surface area contributed by atoms with Gasteiger partial charge in [0.15, 0.2) is 5.65 Å². The first-order valence-electron chi connectivity index (χ1n) is 8.26. The van der Waals surface area contributed by atoms with Crippen LogP contribution in [0.1, 0.15) is 13.3 Å². The zero-order chi connectivity index (χ0) is 16.5. The number of fused-ring (bicyclic) bond motifs is 1. The second-order valence-corrected chi connectivity index (χ2v) is 6.05. The molecular weight excluding hydrogens is 304 g/mol. The minimum absolute atomic E-state index is 0.190. The highest BCUT2D eigenvalue weighted by Crippen LogP contribution is 2.24. The molecule has 6 nitrogen and oxygen atoms in total. The molecule has 1 unspecified atom stereocenters. The van der Waals surface area contributed by atoms with Gasteiger partial charge in [0.2, 0.25) is 5.88 Å². The third kappa shape index (κ3) is 2.80. The Kier molecular flexibility index (Phi) is 3.82. The number of benzene rings is 1. The Labute approximate surface area is 140 Å². The fourth-order valence-electron chi connectivity index (χ4n) is 3.10. The Morgan fingerprint density at radius 3 is 2.79 bits per heavy atom. The molecule has 0 spiro atoms. The summed E-state index contributed by atoms with van der Waals surface area (Å²) in [5, 5.41) is 14.0. The second kappa shape index (κ2) is 6.13. The first-order valence-corrected chi connectivity index (χ1v) is 8.26. The van der Waals surface area contributed by atoms with Gasteiger partial charge in [-0.05, 0) is 43.3 Å². The SMILES string of the molecule is CCN1CCC(Oc2ccc3ncc(-c4ccc(O)cc4)n3n2)C1. The molecule has 3 heterocycles. The first kappa shape index (κ1) is 15.0. The Morgan fingerprint density at radius 2 is 2.04 bits per heavy atom. The molecule has 1 aliphatic rings. The molecule has 0 radical (unpaired) electrons. The highest BCUT2D eigenvalue weighted by Gasteiger charge is 2.23. The lowest BCUT2D eigenvalue weighted by molar-refractivity contribution is 0.192. The molecule has 4 rings (SSSR count). The van der Waals surface area contributed by atoms with Gasteiger partial charge in [0, 0.05) is 24.7 Å². The summed E-state index contributed by atoms with van der Waals surface area (Å²) in [7, 11) is 0. The number of phenolic OH excluding ortho intramolecular Hbond substituents is 1. The minimum atomic E-state index is 0.190. The molecular formula is C18H20N4O2. The van der Waals surface area contributed by atoms with E-state index in [1.165, 1.54) is 0 Å². The smallest absolute Gasteiger partial charge is 0.232 e. The second-order valence-electron chi connectivity index (χ2n) is 6.05. The molecule has 1 atom stereocenters. The van der Waals surface area contributed by atoms with Crippen molar-refractivity contribution in [1.29, 1.82) is 0 Å². The number of rotatable bonds is 4. The number of imidazole rings is 1. The van der Waals surface area contributed by atoms with Crippen LogP contribution in [0, 0.1) is 0 Å². The van der Waals surface area contributed by atoms with Crippen molar-refractivity contribution in [2.24, 2.45) is 0 Å². The van der Waals surface area contributed by atoms with Crippen molar-refractivity contribution in [1.82, 2.24) is 19.5 Å². The predicted octanol–water partition coefficient (Wildman–Crippen LogP) is 2.57. The standard InChI is InChI=1S/C18H20N4O2/c1-2-21-10-9-15(12-21)24-18-8-7-17-19-11-16(22(17)20-18)13-3-5-14(23)6-4-13/h3-8,11,15,23H,2,9-10,12H2,1H3. The topological polar surface area (TPSA) is 62.9 Å². The Morgan fingerprint density at radius 1 is 1.21 bits per heavy atom. The molecule has 1 aromatic carbocycles. The molecule has 0 aliphatic carbocycles. The van der Waals surface area contributed by atoms with Gasteiger partial charge in [-0.1, -0.05) is 6.92 Å². The number of nitrogens with zero attached hydrogens (tertiary/aromatic N) is 4. The molecule has 24 heavy (non-hydrogen) atoms. The van der Waals surface area contributed by atoms with Crippen LogP contribution < -0.4 is 4.74 Å². The zero-order valence-electron chi connectivity index (χ0n) is 13.6. The number of likely N-dealkylation sites (N-methyl/N-ethyl adjacent to an activating group) is 1. The molecule has 124 valence electrons. The van der Waals surface area contributed by atoms with Gasteiger partial charge in [-0.2, -0.15) is 0 Å². The van der Waals surface area contributed by atoms with E-state index in [-0.39, 0.29) is 11.9 Å². The Balaban J connectivity index is 1.62. The predicted molar refractivity (Wildman–Crippen MR) is 91.2 cm³/mol. The van der Waals surface area contributed by atoms with Crippen molar-refractivity contribution in [2.75, 3.05) is 19.6 Å². The van der Waals surface area contributed by atoms with E-state index in [9.17, 15) is 5.11 Å². The highest BCUT2D eigenvalue weighted by molar-refractivity contribution is 5.63. The summed E-state index contributed by atoms with van der Waals surface area (Å²) in [6, 6.07) is 10.8. The molecule has 0 saturated carbocycles. The number of hydrogen-bond acceptors (Lipinski definition) is 5. The minimum Gasteiger partial charge on any atom is -0.508 e. The fraction of sp³-hybridized carbons (Fsp3) is 0.333. The number of phenols is 1. The van der Waals surface area contributed by atoms with Gasteiger partial charge < -0.3 is 9.84 Å². The van der Waals surface area contributed by atoms with Crippen molar-refractivity contribution in [2.45, 2.75) is 19.4 Å². The van der Waals surface area contributed by atoms with Crippen LogP contribution in [0.25, 0.3) is 16.9 Å². The van der Waals surface area contributed by atoms with Crippen LogP contribution in [0.4, 0.5) is 0 Å². The van der Waals surface area contributed by atoms with Crippen LogP contribution in [-0.4, -0.2) is 50.3 Å². The van der Waals surface area contributed by atoms with E-state index < -0.39 is 0 Å². The van der Waals surface area contributed by atoms with Crippen molar-refractivity contribution in [3.8, 4) is 22.9 Å². The third-order valence-electron chi connectivity index (χ3n) is 4.46. The van der Waals surface area contributed by atoms with Gasteiger partial charge in [0.05, 0.1) is 11.9 Å². The van der Waals surface area contributed by atoms with Gasteiger partial charge in [-0.15, -0.1) is 5.10 Å².